The first-order valence-corrected chi connectivity index (χ1v) is 6.59. The molecule has 0 aromatic heterocycles. The van der Waals surface area contributed by atoms with Gasteiger partial charge < -0.3 is 9.64 Å². The van der Waals surface area contributed by atoms with Crippen LogP contribution in [0.4, 0.5) is 0 Å². The van der Waals surface area contributed by atoms with E-state index in [-0.39, 0.29) is 5.91 Å². The monoisotopic (exact) mass is 311 g/mol. The van der Waals surface area contributed by atoms with E-state index in [2.05, 4.69) is 20.7 Å². The number of carbonyl (C=O) groups is 2. The number of benzene rings is 1. The number of nitrogens with zero attached hydrogens (tertiary/aromatic N) is 1. The van der Waals surface area contributed by atoms with Crippen molar-refractivity contribution in [3.8, 4) is 0 Å². The molecule has 1 aliphatic heterocycles. The Hall–Kier alpha value is -1.36. The average Bonchev–Trinajstić information content (AvgIpc) is 2.90. The van der Waals surface area contributed by atoms with Crippen LogP contribution >= 0.6 is 15.9 Å². The molecule has 1 saturated heterocycles. The zero-order chi connectivity index (χ0) is 13.1. The number of methoxy groups -OCH3 is 1. The number of amides is 1. The van der Waals surface area contributed by atoms with Gasteiger partial charge in [-0.05, 0) is 31.0 Å². The van der Waals surface area contributed by atoms with E-state index < -0.39 is 5.97 Å². The minimum atomic E-state index is -0.438. The van der Waals surface area contributed by atoms with Crippen molar-refractivity contribution in [1.82, 2.24) is 4.90 Å². The number of rotatable bonds is 2. The quantitative estimate of drug-likeness (QED) is 0.788. The van der Waals surface area contributed by atoms with Crippen LogP contribution in [0.5, 0.6) is 0 Å². The van der Waals surface area contributed by atoms with Gasteiger partial charge in [-0.3, -0.25) is 4.79 Å². The second-order valence-electron chi connectivity index (χ2n) is 4.22. The van der Waals surface area contributed by atoms with E-state index in [0.717, 1.165) is 25.9 Å². The summed E-state index contributed by atoms with van der Waals surface area (Å²) in [5, 5.41) is 0. The highest BCUT2D eigenvalue weighted by Gasteiger charge is 2.21. The molecule has 1 aliphatic rings. The fraction of sp³-hybridized carbons (Fsp3) is 0.385. The maximum Gasteiger partial charge on any atom is 0.337 e. The highest BCUT2D eigenvalue weighted by molar-refractivity contribution is 9.10. The molecule has 18 heavy (non-hydrogen) atoms. The summed E-state index contributed by atoms with van der Waals surface area (Å²) in [4.78, 5) is 25.5. The Morgan fingerprint density at radius 3 is 2.39 bits per heavy atom. The van der Waals surface area contributed by atoms with Crippen LogP contribution in [0.15, 0.2) is 22.7 Å². The Morgan fingerprint density at radius 2 is 1.78 bits per heavy atom. The third-order valence-electron chi connectivity index (χ3n) is 2.96. The fourth-order valence-corrected chi connectivity index (χ4v) is 2.54. The Bertz CT molecular complexity index is 481. The van der Waals surface area contributed by atoms with Crippen LogP contribution < -0.4 is 0 Å². The van der Waals surface area contributed by atoms with Gasteiger partial charge in [0.15, 0.2) is 0 Å². The van der Waals surface area contributed by atoms with Gasteiger partial charge in [0.1, 0.15) is 0 Å². The lowest BCUT2D eigenvalue weighted by Gasteiger charge is -2.15. The predicted molar refractivity (Wildman–Crippen MR) is 70.6 cm³/mol. The SMILES string of the molecule is COC(=O)c1cc(Br)cc(C(=O)N2CCCC2)c1. The van der Waals surface area contributed by atoms with E-state index >= 15 is 0 Å². The van der Waals surface area contributed by atoms with E-state index in [1.807, 2.05) is 4.90 Å². The molecule has 1 heterocycles. The molecule has 0 N–H and O–H groups in total. The summed E-state index contributed by atoms with van der Waals surface area (Å²) in [5.41, 5.74) is 0.904. The first-order chi connectivity index (χ1) is 8.61. The van der Waals surface area contributed by atoms with Crippen molar-refractivity contribution in [2.24, 2.45) is 0 Å². The lowest BCUT2D eigenvalue weighted by Crippen LogP contribution is -2.27. The highest BCUT2D eigenvalue weighted by Crippen LogP contribution is 2.20. The molecule has 1 aromatic carbocycles. The largest absolute Gasteiger partial charge is 0.465 e. The number of esters is 1. The van der Waals surface area contributed by atoms with Crippen molar-refractivity contribution in [3.05, 3.63) is 33.8 Å². The van der Waals surface area contributed by atoms with E-state index in [4.69, 9.17) is 0 Å². The second-order valence-corrected chi connectivity index (χ2v) is 5.14. The molecule has 96 valence electrons. The van der Waals surface area contributed by atoms with Gasteiger partial charge in [-0.1, -0.05) is 15.9 Å². The lowest BCUT2D eigenvalue weighted by atomic mass is 10.1. The number of hydrogen-bond acceptors (Lipinski definition) is 3. The third-order valence-corrected chi connectivity index (χ3v) is 3.42. The Morgan fingerprint density at radius 1 is 1.17 bits per heavy atom. The van der Waals surface area contributed by atoms with Crippen LogP contribution in [0.25, 0.3) is 0 Å². The second kappa shape index (κ2) is 5.52. The number of carbonyl (C=O) groups excluding carboxylic acids is 2. The number of halogens is 1. The Labute approximate surface area is 114 Å². The summed E-state index contributed by atoms with van der Waals surface area (Å²) in [6.07, 6.45) is 2.09. The van der Waals surface area contributed by atoms with Crippen molar-refractivity contribution < 1.29 is 14.3 Å². The molecule has 4 nitrogen and oxygen atoms in total. The number of likely N-dealkylation sites (tertiary alicyclic amines) is 1. The van der Waals surface area contributed by atoms with Gasteiger partial charge in [0.2, 0.25) is 0 Å². The van der Waals surface area contributed by atoms with Crippen LogP contribution in [-0.2, 0) is 4.74 Å². The molecule has 0 atom stereocenters. The van der Waals surface area contributed by atoms with Gasteiger partial charge >= 0.3 is 5.97 Å². The van der Waals surface area contributed by atoms with Gasteiger partial charge in [-0.25, -0.2) is 4.79 Å². The summed E-state index contributed by atoms with van der Waals surface area (Å²) >= 11 is 3.31. The van der Waals surface area contributed by atoms with Gasteiger partial charge in [-0.2, -0.15) is 0 Å². The van der Waals surface area contributed by atoms with Crippen LogP contribution in [0.2, 0.25) is 0 Å². The zero-order valence-corrected chi connectivity index (χ0v) is 11.7. The summed E-state index contributed by atoms with van der Waals surface area (Å²) in [6, 6.07) is 4.96. The first-order valence-electron chi connectivity index (χ1n) is 5.80. The molecule has 1 amide bonds. The Kier molecular flexibility index (Phi) is 4.01. The number of ether oxygens (including phenoxy) is 1. The van der Waals surface area contributed by atoms with Crippen molar-refractivity contribution in [3.63, 3.8) is 0 Å². The van der Waals surface area contributed by atoms with Crippen LogP contribution in [0.3, 0.4) is 0 Å². The summed E-state index contributed by atoms with van der Waals surface area (Å²) in [6.45, 7) is 1.58. The van der Waals surface area contributed by atoms with E-state index in [1.165, 1.54) is 7.11 Å². The van der Waals surface area contributed by atoms with Gasteiger partial charge in [0, 0.05) is 23.1 Å². The standard InChI is InChI=1S/C13H14BrNO3/c1-18-13(17)10-6-9(7-11(14)8-10)12(16)15-4-2-3-5-15/h6-8H,2-5H2,1H3. The minimum absolute atomic E-state index is 0.0287. The highest BCUT2D eigenvalue weighted by atomic mass is 79.9. The molecule has 0 spiro atoms. The van der Waals surface area contributed by atoms with E-state index in [1.54, 1.807) is 18.2 Å². The van der Waals surface area contributed by atoms with Crippen LogP contribution in [-0.4, -0.2) is 37.0 Å². The van der Waals surface area contributed by atoms with Crippen molar-refractivity contribution in [2.45, 2.75) is 12.8 Å². The van der Waals surface area contributed by atoms with Crippen LogP contribution in [0.1, 0.15) is 33.6 Å². The molecule has 5 heteroatoms. The minimum Gasteiger partial charge on any atom is -0.465 e. The van der Waals surface area contributed by atoms with E-state index in [0.29, 0.717) is 15.6 Å². The first kappa shape index (κ1) is 13.1. The average molecular weight is 312 g/mol. The van der Waals surface area contributed by atoms with Gasteiger partial charge in [0.05, 0.1) is 12.7 Å². The zero-order valence-electron chi connectivity index (χ0n) is 10.1. The maximum absolute atomic E-state index is 12.2. The van der Waals surface area contributed by atoms with Crippen molar-refractivity contribution >= 4 is 27.8 Å². The van der Waals surface area contributed by atoms with E-state index in [9.17, 15) is 9.59 Å². The predicted octanol–water partition coefficient (Wildman–Crippen LogP) is 2.47. The fourth-order valence-electron chi connectivity index (χ4n) is 2.05. The van der Waals surface area contributed by atoms with Crippen molar-refractivity contribution in [1.29, 1.82) is 0 Å². The number of hydrogen-bond donors (Lipinski definition) is 0. The third kappa shape index (κ3) is 2.72. The summed E-state index contributed by atoms with van der Waals surface area (Å²) in [5.74, 6) is -0.467. The van der Waals surface area contributed by atoms with Crippen molar-refractivity contribution in [2.75, 3.05) is 20.2 Å². The summed E-state index contributed by atoms with van der Waals surface area (Å²) in [7, 11) is 1.32. The molecule has 1 aromatic rings. The summed E-state index contributed by atoms with van der Waals surface area (Å²) < 4.78 is 5.37. The molecule has 0 unspecified atom stereocenters. The van der Waals surface area contributed by atoms with Gasteiger partial charge in [0.25, 0.3) is 5.91 Å². The maximum atomic E-state index is 12.2. The molecule has 2 rings (SSSR count). The smallest absolute Gasteiger partial charge is 0.337 e. The lowest BCUT2D eigenvalue weighted by molar-refractivity contribution is 0.0600. The van der Waals surface area contributed by atoms with Crippen LogP contribution in [0, 0.1) is 0 Å². The molecule has 0 radical (unpaired) electrons. The van der Waals surface area contributed by atoms with Gasteiger partial charge in [-0.15, -0.1) is 0 Å². The molecular weight excluding hydrogens is 298 g/mol. The molecular formula is C13H14BrNO3. The Balaban J connectivity index is 2.29. The molecule has 0 bridgehead atoms. The molecule has 1 fully saturated rings. The topological polar surface area (TPSA) is 46.6 Å². The molecule has 0 saturated carbocycles. The normalized spacial score (nSPS) is 14.7. The molecule has 0 aliphatic carbocycles.